The smallest absolute Gasteiger partial charge is 0.00208 e. The maximum atomic E-state index is 6.86. The first-order chi connectivity index (χ1) is 4.24. The van der Waals surface area contributed by atoms with Gasteiger partial charge in [-0.2, -0.15) is 0 Å². The highest BCUT2D eigenvalue weighted by molar-refractivity contribution is 5.85. The third-order valence-corrected chi connectivity index (χ3v) is 0. The van der Waals surface area contributed by atoms with Gasteiger partial charge in [0, 0.05) is 0 Å². The van der Waals surface area contributed by atoms with E-state index in [-0.39, 0.29) is 12.4 Å². The highest BCUT2D eigenvalue weighted by atomic mass is 35.5. The third kappa shape index (κ3) is 53.5. The molecule has 0 unspecified atom stereocenters. The van der Waals surface area contributed by atoms with Crippen LogP contribution < -0.4 is 0 Å². The molecule has 0 aromatic carbocycles. The van der Waals surface area contributed by atoms with Gasteiger partial charge in [-0.15, -0.1) is 17.9 Å². The first-order valence-corrected chi connectivity index (χ1v) is 1.22. The lowest BCUT2D eigenvalue weighted by Gasteiger charge is -1.32. The molecule has 0 fully saturated rings. The van der Waals surface area contributed by atoms with Crippen LogP contribution in [0.15, 0.2) is 0 Å². The maximum Gasteiger partial charge on any atom is -0.00208 e. The Morgan fingerprint density at radius 2 is 0.800 bits per heavy atom. The largest absolute Gasteiger partial charge is 0.373 e. The molecule has 56 valence electrons. The van der Waals surface area contributed by atoms with E-state index in [1.54, 1.807) is 4.91 Å². The summed E-state index contributed by atoms with van der Waals surface area (Å²) in [6, 6.07) is 0. The molecule has 10 heteroatoms. The molecule has 0 spiro atoms. The van der Waals surface area contributed by atoms with Crippen LogP contribution in [0.1, 0.15) is 0 Å². The molecule has 0 aromatic heterocycles. The summed E-state index contributed by atoms with van der Waals surface area (Å²) < 4.78 is 0. The van der Waals surface area contributed by atoms with Crippen LogP contribution in [-0.4, -0.2) is 0 Å². The van der Waals surface area contributed by atoms with Crippen LogP contribution in [0, 0.1) is 5.53 Å². The van der Waals surface area contributed by atoms with Gasteiger partial charge in [0.05, 0.1) is 0 Å². The molecule has 0 radical (unpaired) electrons. The van der Waals surface area contributed by atoms with Crippen molar-refractivity contribution in [2.24, 2.45) is 0 Å². The summed E-state index contributed by atoms with van der Waals surface area (Å²) in [7, 11) is 0. The Bertz CT molecular complexity index is 96.3. The Hall–Kier alpha value is -1.78. The zero-order chi connectivity index (χ0) is 8.12. The van der Waals surface area contributed by atoms with Gasteiger partial charge in [-0.3, -0.25) is 9.82 Å². The van der Waals surface area contributed by atoms with Crippen molar-refractivity contribution in [1.29, 1.82) is 5.53 Å². The molecule has 0 saturated carbocycles. The number of nitrogens with zero attached hydrogens (tertiary/aromatic N) is 8. The van der Waals surface area contributed by atoms with Gasteiger partial charge in [-0.05, 0) is 10.4 Å². The quantitative estimate of drug-likeness (QED) is 0.314. The van der Waals surface area contributed by atoms with E-state index in [2.05, 4.69) is 0 Å². The van der Waals surface area contributed by atoms with E-state index in [9.17, 15) is 0 Å². The number of nitrogens with one attached hydrogen (secondary N) is 1. The lowest BCUT2D eigenvalue weighted by molar-refractivity contribution is 1.45. The van der Waals surface area contributed by atoms with Crippen LogP contribution in [0.25, 0.3) is 42.4 Å². The minimum Gasteiger partial charge on any atom is -0.373 e. The van der Waals surface area contributed by atoms with E-state index in [0.717, 1.165) is 0 Å². The zero-order valence-electron chi connectivity index (χ0n) is 4.49. The van der Waals surface area contributed by atoms with Crippen molar-refractivity contribution in [3.05, 3.63) is 42.4 Å². The minimum absolute atomic E-state index is 0. The summed E-state index contributed by atoms with van der Waals surface area (Å²) in [6.45, 7) is 0. The fourth-order valence-corrected chi connectivity index (χ4v) is 0. The van der Waals surface area contributed by atoms with Gasteiger partial charge in [0.1, 0.15) is 0 Å². The topological polar surface area (TPSA) is 178 Å². The van der Waals surface area contributed by atoms with E-state index in [1.807, 2.05) is 0 Å². The molecule has 0 aliphatic heterocycles. The van der Waals surface area contributed by atoms with Crippen LogP contribution >= 0.6 is 12.4 Å². The lowest BCUT2D eigenvalue weighted by atomic mass is 13.0. The summed E-state index contributed by atoms with van der Waals surface area (Å²) >= 11 is 0. The fraction of sp³-hybridized carbons (Fsp3) is 0. The highest BCUT2D eigenvalue weighted by Gasteiger charge is 0.973. The van der Waals surface area contributed by atoms with Crippen LogP contribution in [0.2, 0.25) is 0 Å². The first kappa shape index (κ1) is 24.1. The van der Waals surface area contributed by atoms with Crippen molar-refractivity contribution in [2.75, 3.05) is 0 Å². The fourth-order valence-electron chi connectivity index (χ4n) is 0. The van der Waals surface area contributed by atoms with Gasteiger partial charge in [-0.25, -0.2) is 0 Å². The van der Waals surface area contributed by atoms with Gasteiger partial charge < -0.3 is 22.1 Å². The Balaban J connectivity index is -0.0000000257. The Morgan fingerprint density at radius 1 is 0.800 bits per heavy atom. The summed E-state index contributed by atoms with van der Waals surface area (Å²) in [5.74, 6) is 0. The maximum absolute atomic E-state index is 6.86. The predicted molar refractivity (Wildman–Crippen MR) is 36.8 cm³/mol. The van der Waals surface area contributed by atoms with Crippen molar-refractivity contribution in [3.8, 4) is 0 Å². The number of hydrogen-bond donors (Lipinski definition) is 1. The van der Waals surface area contributed by atoms with Crippen LogP contribution in [-0.2, 0) is 0 Å². The molecule has 0 amide bonds. The summed E-state index contributed by atoms with van der Waals surface area (Å²) in [6.07, 6.45) is 0. The second-order valence-electron chi connectivity index (χ2n) is 0.279. The standard InChI is InChI=1S/ClH.HN3.2N3/c;3*1-3-2/h1H;1H;;/q;;2*-1. The SMILES string of the molecule is Cl.[N-]=[N+]=N.[N-]=[N+]=[N-].[N-]=[N+]=[N-]. The normalized spacial score (nSPS) is 2.40. The van der Waals surface area contributed by atoms with Gasteiger partial charge >= 0.3 is 0 Å². The Kier molecular flexibility index (Phi) is 452. The Labute approximate surface area is 61.3 Å². The molecule has 0 aromatic rings. The van der Waals surface area contributed by atoms with Crippen molar-refractivity contribution < 1.29 is 0 Å². The summed E-state index contributed by atoms with van der Waals surface area (Å²) in [5.41, 5.74) is 39.2. The zero-order valence-corrected chi connectivity index (χ0v) is 5.30. The molecule has 9 nitrogen and oxygen atoms in total. The number of rotatable bonds is 0. The molecule has 0 rings (SSSR count). The van der Waals surface area contributed by atoms with Crippen molar-refractivity contribution in [2.45, 2.75) is 0 Å². The van der Waals surface area contributed by atoms with E-state index in [4.69, 9.17) is 33.2 Å². The van der Waals surface area contributed by atoms with Gasteiger partial charge in [0.25, 0.3) is 0 Å². The molecule has 0 aliphatic carbocycles. The molecule has 0 heterocycles. The number of hydrogen-bond acceptors (Lipinski definition) is 1. The van der Waals surface area contributed by atoms with Crippen molar-refractivity contribution in [1.82, 2.24) is 0 Å². The average molecular weight is 164 g/mol. The summed E-state index contributed by atoms with van der Waals surface area (Å²) in [5, 5.41) is 0. The molecular formula is H2ClN9-2. The van der Waals surface area contributed by atoms with Gasteiger partial charge in [0.2, 0.25) is 0 Å². The molecule has 10 heavy (non-hydrogen) atoms. The third-order valence-electron chi connectivity index (χ3n) is 0. The second kappa shape index (κ2) is 188. The molecule has 0 saturated heterocycles. The lowest BCUT2D eigenvalue weighted by Crippen LogP contribution is -0.769. The van der Waals surface area contributed by atoms with Crippen LogP contribution in [0.4, 0.5) is 0 Å². The minimum atomic E-state index is 0. The van der Waals surface area contributed by atoms with E-state index in [1.165, 1.54) is 9.82 Å². The van der Waals surface area contributed by atoms with Crippen molar-refractivity contribution >= 4 is 12.4 Å². The van der Waals surface area contributed by atoms with Crippen LogP contribution in [0.3, 0.4) is 0 Å². The van der Waals surface area contributed by atoms with E-state index < -0.39 is 0 Å². The molecule has 0 atom stereocenters. The van der Waals surface area contributed by atoms with Crippen LogP contribution in [0.5, 0.6) is 0 Å². The monoisotopic (exact) mass is 163 g/mol. The predicted octanol–water partition coefficient (Wildman–Crippen LogP) is 3.03. The summed E-state index contributed by atoms with van der Waals surface area (Å²) in [4.78, 5) is 4.75. The van der Waals surface area contributed by atoms with Crippen molar-refractivity contribution in [3.63, 3.8) is 0 Å². The average Bonchev–Trinajstić information content (AvgIpc) is 1.70. The Morgan fingerprint density at radius 3 is 0.800 bits per heavy atom. The van der Waals surface area contributed by atoms with E-state index in [0.29, 0.717) is 0 Å². The molecule has 1 N–H and O–H groups in total. The molecular weight excluding hydrogens is 162 g/mol. The first-order valence-electron chi connectivity index (χ1n) is 1.22. The van der Waals surface area contributed by atoms with Gasteiger partial charge in [0.15, 0.2) is 0 Å². The molecule has 0 aliphatic rings. The number of halogens is 1. The van der Waals surface area contributed by atoms with Gasteiger partial charge in [-0.1, -0.05) is 0 Å². The van der Waals surface area contributed by atoms with E-state index >= 15 is 0 Å². The second-order valence-corrected chi connectivity index (χ2v) is 0.279. The highest BCUT2D eigenvalue weighted by Crippen LogP contribution is 1.29. The molecule has 0 bridgehead atoms.